The molecule has 0 aliphatic carbocycles. The Balaban J connectivity index is 2.01. The number of piperazine rings is 1. The van der Waals surface area contributed by atoms with Crippen molar-refractivity contribution in [3.63, 3.8) is 0 Å². The van der Waals surface area contributed by atoms with Crippen molar-refractivity contribution < 1.29 is 14.6 Å². The Labute approximate surface area is 83.2 Å². The highest BCUT2D eigenvalue weighted by atomic mass is 16.5. The van der Waals surface area contributed by atoms with Crippen LogP contribution >= 0.6 is 0 Å². The molecule has 2 rings (SSSR count). The second kappa shape index (κ2) is 3.84. The van der Waals surface area contributed by atoms with E-state index >= 15 is 0 Å². The lowest BCUT2D eigenvalue weighted by Gasteiger charge is -2.45. The van der Waals surface area contributed by atoms with E-state index in [-0.39, 0.29) is 6.04 Å². The number of hydrogen-bond donors (Lipinski definition) is 1. The zero-order valence-corrected chi connectivity index (χ0v) is 8.35. The summed E-state index contributed by atoms with van der Waals surface area (Å²) in [5.41, 5.74) is 0. The lowest BCUT2D eigenvalue weighted by Crippen LogP contribution is -2.63. The molecule has 5 heteroatoms. The van der Waals surface area contributed by atoms with Crippen molar-refractivity contribution in [2.75, 3.05) is 39.9 Å². The summed E-state index contributed by atoms with van der Waals surface area (Å²) in [4.78, 5) is 15.2. The molecular formula is C9H16N2O3. The number of aliphatic carboxylic acids is 1. The number of carboxylic acid groups (broad SMARTS) is 1. The summed E-state index contributed by atoms with van der Waals surface area (Å²) in [7, 11) is 1.96. The number of likely N-dealkylation sites (N-methyl/N-ethyl adjacent to an activating group) is 1. The molecule has 2 fully saturated rings. The summed E-state index contributed by atoms with van der Waals surface area (Å²) >= 11 is 0. The average molecular weight is 200 g/mol. The minimum atomic E-state index is -0.719. The Bertz CT molecular complexity index is 230. The molecule has 2 aliphatic heterocycles. The van der Waals surface area contributed by atoms with E-state index in [0.29, 0.717) is 25.8 Å². The van der Waals surface area contributed by atoms with Gasteiger partial charge in [0.2, 0.25) is 0 Å². The van der Waals surface area contributed by atoms with E-state index in [9.17, 15) is 4.79 Å². The van der Waals surface area contributed by atoms with Crippen molar-refractivity contribution in [2.24, 2.45) is 0 Å². The average Bonchev–Trinajstić information content (AvgIpc) is 2.04. The molecule has 1 N–H and O–H groups in total. The van der Waals surface area contributed by atoms with Gasteiger partial charge in [-0.1, -0.05) is 0 Å². The van der Waals surface area contributed by atoms with E-state index in [0.717, 1.165) is 13.1 Å². The van der Waals surface area contributed by atoms with Gasteiger partial charge in [-0.15, -0.1) is 0 Å². The molecule has 1 unspecified atom stereocenters. The summed E-state index contributed by atoms with van der Waals surface area (Å²) in [6, 6.07) is -0.0348. The summed E-state index contributed by atoms with van der Waals surface area (Å²) in [5, 5.41) is 9.09. The van der Waals surface area contributed by atoms with Crippen LogP contribution in [0.25, 0.3) is 0 Å². The van der Waals surface area contributed by atoms with Gasteiger partial charge >= 0.3 is 5.97 Å². The van der Waals surface area contributed by atoms with Crippen molar-refractivity contribution >= 4 is 5.97 Å². The van der Waals surface area contributed by atoms with Gasteiger partial charge in [0.05, 0.1) is 19.3 Å². The summed E-state index contributed by atoms with van der Waals surface area (Å²) < 4.78 is 5.09. The first-order valence-electron chi connectivity index (χ1n) is 4.93. The van der Waals surface area contributed by atoms with Crippen LogP contribution in [-0.2, 0) is 9.53 Å². The predicted octanol–water partition coefficient (Wildman–Crippen LogP) is -0.914. The molecule has 2 saturated heterocycles. The fourth-order valence-corrected chi connectivity index (χ4v) is 2.01. The molecule has 0 bridgehead atoms. The number of carbonyl (C=O) groups is 1. The molecule has 14 heavy (non-hydrogen) atoms. The van der Waals surface area contributed by atoms with Gasteiger partial charge in [-0.05, 0) is 7.05 Å². The van der Waals surface area contributed by atoms with Crippen LogP contribution in [-0.4, -0.2) is 72.9 Å². The largest absolute Gasteiger partial charge is 0.480 e. The number of ether oxygens (including phenoxy) is 1. The van der Waals surface area contributed by atoms with Gasteiger partial charge in [-0.2, -0.15) is 0 Å². The third-order valence-electron chi connectivity index (χ3n) is 3.00. The predicted molar refractivity (Wildman–Crippen MR) is 50.2 cm³/mol. The molecule has 0 aromatic rings. The maximum Gasteiger partial charge on any atom is 0.322 e. The molecule has 5 nitrogen and oxygen atoms in total. The van der Waals surface area contributed by atoms with Crippen molar-refractivity contribution in [3.05, 3.63) is 0 Å². The zero-order chi connectivity index (χ0) is 10.1. The number of rotatable bonds is 2. The third-order valence-corrected chi connectivity index (χ3v) is 3.00. The molecule has 0 radical (unpaired) electrons. The molecule has 0 amide bonds. The second-order valence-corrected chi connectivity index (χ2v) is 4.05. The zero-order valence-electron chi connectivity index (χ0n) is 8.35. The molecule has 0 spiro atoms. The van der Waals surface area contributed by atoms with Crippen LogP contribution in [0.5, 0.6) is 0 Å². The van der Waals surface area contributed by atoms with Gasteiger partial charge < -0.3 is 14.7 Å². The molecule has 0 saturated carbocycles. The van der Waals surface area contributed by atoms with Crippen molar-refractivity contribution in [1.82, 2.24) is 9.80 Å². The van der Waals surface area contributed by atoms with Crippen LogP contribution < -0.4 is 0 Å². The van der Waals surface area contributed by atoms with Crippen molar-refractivity contribution in [2.45, 2.75) is 12.1 Å². The second-order valence-electron chi connectivity index (χ2n) is 4.05. The number of hydrogen-bond acceptors (Lipinski definition) is 4. The van der Waals surface area contributed by atoms with E-state index < -0.39 is 5.97 Å². The van der Waals surface area contributed by atoms with E-state index in [1.54, 1.807) is 0 Å². The Kier molecular flexibility index (Phi) is 2.71. The van der Waals surface area contributed by atoms with E-state index in [1.807, 2.05) is 7.05 Å². The van der Waals surface area contributed by atoms with Crippen molar-refractivity contribution in [3.8, 4) is 0 Å². The van der Waals surface area contributed by atoms with E-state index in [4.69, 9.17) is 9.84 Å². The highest BCUT2D eigenvalue weighted by molar-refractivity contribution is 5.74. The standard InChI is InChI=1S/C9H16N2O3/c1-10-2-3-11(7-5-14-6-7)8(4-10)9(12)13/h7-8H,2-6H2,1H3,(H,12,13). The minimum absolute atomic E-state index is 0.324. The first-order valence-corrected chi connectivity index (χ1v) is 4.93. The van der Waals surface area contributed by atoms with Gasteiger partial charge in [-0.25, -0.2) is 0 Å². The number of carboxylic acids is 1. The molecule has 80 valence electrons. The van der Waals surface area contributed by atoms with E-state index in [2.05, 4.69) is 9.80 Å². The molecule has 0 aromatic carbocycles. The van der Waals surface area contributed by atoms with E-state index in [1.165, 1.54) is 0 Å². The quantitative estimate of drug-likeness (QED) is 0.625. The monoisotopic (exact) mass is 200 g/mol. The summed E-state index contributed by atoms with van der Waals surface area (Å²) in [6.07, 6.45) is 0. The highest BCUT2D eigenvalue weighted by Crippen LogP contribution is 2.17. The van der Waals surface area contributed by atoms with Crippen LogP contribution in [0.2, 0.25) is 0 Å². The fourth-order valence-electron chi connectivity index (χ4n) is 2.01. The van der Waals surface area contributed by atoms with Crippen LogP contribution in [0, 0.1) is 0 Å². The SMILES string of the molecule is CN1CCN(C2COC2)C(C(=O)O)C1. The highest BCUT2D eigenvalue weighted by Gasteiger charge is 2.38. The maximum absolute atomic E-state index is 11.0. The topological polar surface area (TPSA) is 53.0 Å². The van der Waals surface area contributed by atoms with Crippen molar-refractivity contribution in [1.29, 1.82) is 0 Å². The van der Waals surface area contributed by atoms with Gasteiger partial charge in [-0.3, -0.25) is 9.69 Å². The Morgan fingerprint density at radius 2 is 2.14 bits per heavy atom. The first kappa shape index (κ1) is 9.89. The molecule has 2 heterocycles. The smallest absolute Gasteiger partial charge is 0.322 e. The van der Waals surface area contributed by atoms with Gasteiger partial charge in [0, 0.05) is 19.6 Å². The normalized spacial score (nSPS) is 31.4. The van der Waals surface area contributed by atoms with Crippen LogP contribution in [0.1, 0.15) is 0 Å². The Hall–Kier alpha value is -0.650. The molecule has 0 aromatic heterocycles. The lowest BCUT2D eigenvalue weighted by molar-refractivity contribution is -0.154. The van der Waals surface area contributed by atoms with Crippen LogP contribution in [0.15, 0.2) is 0 Å². The molecular weight excluding hydrogens is 184 g/mol. The minimum Gasteiger partial charge on any atom is -0.480 e. The summed E-state index contributed by atoms with van der Waals surface area (Å²) in [5.74, 6) is -0.719. The fraction of sp³-hybridized carbons (Fsp3) is 0.889. The number of nitrogens with zero attached hydrogens (tertiary/aromatic N) is 2. The molecule has 1 atom stereocenters. The Morgan fingerprint density at radius 3 is 2.64 bits per heavy atom. The van der Waals surface area contributed by atoms with Crippen LogP contribution in [0.4, 0.5) is 0 Å². The Morgan fingerprint density at radius 1 is 1.43 bits per heavy atom. The van der Waals surface area contributed by atoms with Gasteiger partial charge in [0.25, 0.3) is 0 Å². The molecule has 2 aliphatic rings. The maximum atomic E-state index is 11.0. The summed E-state index contributed by atoms with van der Waals surface area (Å²) in [6.45, 7) is 3.77. The lowest BCUT2D eigenvalue weighted by atomic mass is 10.1. The van der Waals surface area contributed by atoms with Gasteiger partial charge in [0.15, 0.2) is 0 Å². The van der Waals surface area contributed by atoms with Crippen LogP contribution in [0.3, 0.4) is 0 Å². The van der Waals surface area contributed by atoms with Gasteiger partial charge in [0.1, 0.15) is 6.04 Å². The third kappa shape index (κ3) is 1.75. The first-order chi connectivity index (χ1) is 6.68.